The average molecular weight is 475 g/mol. The van der Waals surface area contributed by atoms with Gasteiger partial charge < -0.3 is 5.32 Å². The number of amides is 1. The number of carbonyl (C=O) groups is 1. The molecule has 0 aliphatic heterocycles. The molecular weight excluding hydrogens is 459 g/mol. The standard InChI is InChI=1S/C21H16Cl2N4O3S/c1-2-26-19(29)13-5-3-4-6-17(13)27(21(26)30)10-18(28)25-20-24-16(11-31-20)14-9-12(22)7-8-15(14)23/h3-9,11H,2,10H2,1H3,(H,24,25,28). The molecule has 0 aliphatic carbocycles. The van der Waals surface area contributed by atoms with Gasteiger partial charge in [-0.2, -0.15) is 0 Å². The highest BCUT2D eigenvalue weighted by Crippen LogP contribution is 2.32. The van der Waals surface area contributed by atoms with Crippen LogP contribution in [0.4, 0.5) is 5.13 Å². The largest absolute Gasteiger partial charge is 0.331 e. The van der Waals surface area contributed by atoms with Crippen molar-refractivity contribution in [2.45, 2.75) is 20.0 Å². The Morgan fingerprint density at radius 1 is 1.13 bits per heavy atom. The third-order valence-electron chi connectivity index (χ3n) is 4.71. The molecule has 0 radical (unpaired) electrons. The Hall–Kier alpha value is -2.94. The van der Waals surface area contributed by atoms with Crippen LogP contribution in [0.3, 0.4) is 0 Å². The van der Waals surface area contributed by atoms with Crippen LogP contribution in [0, 0.1) is 0 Å². The van der Waals surface area contributed by atoms with E-state index >= 15 is 0 Å². The molecule has 2 aromatic heterocycles. The first-order valence-corrected chi connectivity index (χ1v) is 11.0. The molecule has 31 heavy (non-hydrogen) atoms. The quantitative estimate of drug-likeness (QED) is 0.468. The van der Waals surface area contributed by atoms with Gasteiger partial charge in [-0.25, -0.2) is 9.78 Å². The minimum atomic E-state index is -0.535. The maximum absolute atomic E-state index is 12.8. The zero-order valence-corrected chi connectivity index (χ0v) is 18.6. The lowest BCUT2D eigenvalue weighted by Crippen LogP contribution is -2.41. The number of nitrogens with one attached hydrogen (secondary N) is 1. The van der Waals surface area contributed by atoms with Gasteiger partial charge in [-0.3, -0.25) is 18.7 Å². The molecule has 1 N–H and O–H groups in total. The number of fused-ring (bicyclic) bond motifs is 1. The van der Waals surface area contributed by atoms with E-state index in [1.807, 2.05) is 0 Å². The van der Waals surface area contributed by atoms with Crippen molar-refractivity contribution >= 4 is 56.5 Å². The number of rotatable bonds is 5. The third kappa shape index (κ3) is 4.14. The fourth-order valence-corrected chi connectivity index (χ4v) is 4.37. The Labute approximate surface area is 190 Å². The molecule has 0 bridgehead atoms. The first kappa shape index (κ1) is 21.3. The first-order valence-electron chi connectivity index (χ1n) is 9.32. The van der Waals surface area contributed by atoms with Crippen molar-refractivity contribution in [3.8, 4) is 11.3 Å². The van der Waals surface area contributed by atoms with Gasteiger partial charge >= 0.3 is 5.69 Å². The zero-order chi connectivity index (χ0) is 22.1. The number of halogens is 2. The van der Waals surface area contributed by atoms with Crippen molar-refractivity contribution in [2.75, 3.05) is 5.32 Å². The van der Waals surface area contributed by atoms with E-state index in [9.17, 15) is 14.4 Å². The summed E-state index contributed by atoms with van der Waals surface area (Å²) in [7, 11) is 0. The van der Waals surface area contributed by atoms with E-state index in [4.69, 9.17) is 23.2 Å². The van der Waals surface area contributed by atoms with Crippen LogP contribution in [0.2, 0.25) is 10.0 Å². The van der Waals surface area contributed by atoms with Crippen LogP contribution in [0.15, 0.2) is 57.4 Å². The molecule has 0 saturated carbocycles. The third-order valence-corrected chi connectivity index (χ3v) is 6.03. The van der Waals surface area contributed by atoms with E-state index in [0.29, 0.717) is 37.3 Å². The molecule has 0 unspecified atom stereocenters. The van der Waals surface area contributed by atoms with Crippen LogP contribution in [-0.2, 0) is 17.9 Å². The topological polar surface area (TPSA) is 86.0 Å². The van der Waals surface area contributed by atoms with E-state index in [1.165, 1.54) is 15.9 Å². The Kier molecular flexibility index (Phi) is 5.95. The molecule has 2 aromatic carbocycles. The highest BCUT2D eigenvalue weighted by Gasteiger charge is 2.16. The number of anilines is 1. The van der Waals surface area contributed by atoms with Crippen LogP contribution in [0.5, 0.6) is 0 Å². The van der Waals surface area contributed by atoms with Gasteiger partial charge in [0.05, 0.1) is 21.6 Å². The van der Waals surface area contributed by atoms with Crippen LogP contribution in [0.25, 0.3) is 22.2 Å². The Morgan fingerprint density at radius 2 is 1.90 bits per heavy atom. The van der Waals surface area contributed by atoms with Gasteiger partial charge in [0.2, 0.25) is 5.91 Å². The second-order valence-corrected chi connectivity index (χ2v) is 8.35. The summed E-state index contributed by atoms with van der Waals surface area (Å²) in [6.07, 6.45) is 0. The van der Waals surface area contributed by atoms with Gasteiger partial charge in [-0.15, -0.1) is 11.3 Å². The normalized spacial score (nSPS) is 11.1. The van der Waals surface area contributed by atoms with Crippen molar-refractivity contribution in [1.29, 1.82) is 0 Å². The number of carbonyl (C=O) groups excluding carboxylic acids is 1. The zero-order valence-electron chi connectivity index (χ0n) is 16.3. The molecule has 10 heteroatoms. The van der Waals surface area contributed by atoms with Gasteiger partial charge in [0.1, 0.15) is 6.54 Å². The van der Waals surface area contributed by atoms with E-state index in [-0.39, 0.29) is 18.6 Å². The minimum Gasteiger partial charge on any atom is -0.300 e. The van der Waals surface area contributed by atoms with Crippen LogP contribution in [-0.4, -0.2) is 20.0 Å². The summed E-state index contributed by atoms with van der Waals surface area (Å²) in [5, 5.41) is 6.21. The summed E-state index contributed by atoms with van der Waals surface area (Å²) >= 11 is 13.5. The SMILES string of the molecule is CCn1c(=O)c2ccccc2n(CC(=O)Nc2nc(-c3cc(Cl)ccc3Cl)cs2)c1=O. The highest BCUT2D eigenvalue weighted by molar-refractivity contribution is 7.14. The second-order valence-electron chi connectivity index (χ2n) is 6.65. The number of aromatic nitrogens is 3. The highest BCUT2D eigenvalue weighted by atomic mass is 35.5. The van der Waals surface area contributed by atoms with E-state index < -0.39 is 11.6 Å². The maximum atomic E-state index is 12.8. The van der Waals surface area contributed by atoms with Gasteiger partial charge in [-0.05, 0) is 37.3 Å². The van der Waals surface area contributed by atoms with Gasteiger partial charge in [-0.1, -0.05) is 35.3 Å². The predicted octanol–water partition coefficient (Wildman–Crippen LogP) is 4.25. The van der Waals surface area contributed by atoms with Gasteiger partial charge in [0.25, 0.3) is 5.56 Å². The number of para-hydroxylation sites is 1. The number of thiazole rings is 1. The fraction of sp³-hybridized carbons (Fsp3) is 0.143. The lowest BCUT2D eigenvalue weighted by Gasteiger charge is -2.12. The van der Waals surface area contributed by atoms with Crippen molar-refractivity contribution in [3.63, 3.8) is 0 Å². The number of hydrogen-bond donors (Lipinski definition) is 1. The summed E-state index contributed by atoms with van der Waals surface area (Å²) in [4.78, 5) is 42.4. The number of nitrogens with zero attached hydrogens (tertiary/aromatic N) is 3. The Balaban J connectivity index is 1.63. The molecule has 7 nitrogen and oxygen atoms in total. The summed E-state index contributed by atoms with van der Waals surface area (Å²) in [6.45, 7) is 1.66. The fourth-order valence-electron chi connectivity index (χ4n) is 3.25. The van der Waals surface area contributed by atoms with E-state index in [0.717, 1.165) is 4.57 Å². The maximum Gasteiger partial charge on any atom is 0.331 e. The minimum absolute atomic E-state index is 0.209. The van der Waals surface area contributed by atoms with Crippen LogP contribution >= 0.6 is 34.5 Å². The molecule has 0 fully saturated rings. The lowest BCUT2D eigenvalue weighted by molar-refractivity contribution is -0.116. The smallest absolute Gasteiger partial charge is 0.300 e. The number of hydrogen-bond acceptors (Lipinski definition) is 5. The Morgan fingerprint density at radius 3 is 2.68 bits per heavy atom. The van der Waals surface area contributed by atoms with Crippen LogP contribution in [0.1, 0.15) is 6.92 Å². The predicted molar refractivity (Wildman–Crippen MR) is 124 cm³/mol. The molecule has 0 atom stereocenters. The molecule has 0 aliphatic rings. The lowest BCUT2D eigenvalue weighted by atomic mass is 10.2. The van der Waals surface area contributed by atoms with E-state index in [1.54, 1.807) is 54.8 Å². The molecule has 0 spiro atoms. The molecular formula is C21H16Cl2N4O3S. The Bertz CT molecular complexity index is 1420. The van der Waals surface area contributed by atoms with Crippen molar-refractivity contribution in [2.24, 2.45) is 0 Å². The van der Waals surface area contributed by atoms with Gasteiger partial charge in [0, 0.05) is 22.5 Å². The summed E-state index contributed by atoms with van der Waals surface area (Å²) in [5.41, 5.74) is 0.732. The molecule has 1 amide bonds. The summed E-state index contributed by atoms with van der Waals surface area (Å²) in [5.74, 6) is -0.438. The first-order chi connectivity index (χ1) is 14.9. The molecule has 158 valence electrons. The van der Waals surface area contributed by atoms with Crippen LogP contribution < -0.4 is 16.6 Å². The summed E-state index contributed by atoms with van der Waals surface area (Å²) < 4.78 is 2.40. The average Bonchev–Trinajstić information content (AvgIpc) is 3.21. The number of benzene rings is 2. The molecule has 4 rings (SSSR count). The van der Waals surface area contributed by atoms with E-state index in [2.05, 4.69) is 10.3 Å². The summed E-state index contributed by atoms with van der Waals surface area (Å²) in [6, 6.07) is 11.8. The second kappa shape index (κ2) is 8.66. The van der Waals surface area contributed by atoms with Crippen molar-refractivity contribution in [1.82, 2.24) is 14.1 Å². The monoisotopic (exact) mass is 474 g/mol. The van der Waals surface area contributed by atoms with Crippen molar-refractivity contribution in [3.05, 3.63) is 78.7 Å². The molecule has 2 heterocycles. The van der Waals surface area contributed by atoms with Gasteiger partial charge in [0.15, 0.2) is 5.13 Å². The molecule has 4 aromatic rings. The molecule has 0 saturated heterocycles. The van der Waals surface area contributed by atoms with Crippen molar-refractivity contribution < 1.29 is 4.79 Å².